The number of ether oxygens (including phenoxy) is 2. The summed E-state index contributed by atoms with van der Waals surface area (Å²) in [5.41, 5.74) is 4.64. The smallest absolute Gasteiger partial charge is 0.407 e. The van der Waals surface area contributed by atoms with E-state index >= 15 is 0 Å². The summed E-state index contributed by atoms with van der Waals surface area (Å²) in [6, 6.07) is 15.1. The molecule has 3 N–H and O–H groups in total. The first-order valence-electron chi connectivity index (χ1n) is 12.1. The molecule has 186 valence electrons. The van der Waals surface area contributed by atoms with E-state index in [1.54, 1.807) is 0 Å². The fraction of sp³-hybridized carbons (Fsp3) is 0.444. The van der Waals surface area contributed by atoms with E-state index in [0.717, 1.165) is 36.8 Å². The van der Waals surface area contributed by atoms with Crippen molar-refractivity contribution in [3.63, 3.8) is 0 Å². The fourth-order valence-electron chi connectivity index (χ4n) is 5.27. The van der Waals surface area contributed by atoms with E-state index < -0.39 is 18.1 Å². The maximum absolute atomic E-state index is 12.7. The standard InChI is InChI=1S/C27H32N2O6/c1-34-16-24(26(31)32)28-25(30)14-17-8-2-7-13-23(17)29-27(33)35-15-22-20-11-5-3-9-18(20)19-10-4-6-12-21(19)22/h3-6,9-12,17,22-24H,2,7-8,13-16H2,1H3,(H,28,30)(H,29,33)(H,31,32)/t17-,23-,24-/m0/s1. The maximum Gasteiger partial charge on any atom is 0.407 e. The second-order valence-electron chi connectivity index (χ2n) is 9.24. The molecule has 8 heteroatoms. The number of nitrogens with one attached hydrogen (secondary N) is 2. The molecule has 8 nitrogen and oxygen atoms in total. The van der Waals surface area contributed by atoms with Crippen molar-refractivity contribution in [2.24, 2.45) is 5.92 Å². The topological polar surface area (TPSA) is 114 Å². The molecule has 0 saturated heterocycles. The summed E-state index contributed by atoms with van der Waals surface area (Å²) in [6.07, 6.45) is 3.09. The number of rotatable bonds is 9. The summed E-state index contributed by atoms with van der Waals surface area (Å²) in [4.78, 5) is 36.5. The Morgan fingerprint density at radius 3 is 2.26 bits per heavy atom. The van der Waals surface area contributed by atoms with Crippen LogP contribution in [0, 0.1) is 5.92 Å². The number of fused-ring (bicyclic) bond motifs is 3. The molecule has 0 bridgehead atoms. The van der Waals surface area contributed by atoms with E-state index in [1.165, 1.54) is 18.2 Å². The predicted octanol–water partition coefficient (Wildman–Crippen LogP) is 3.69. The highest BCUT2D eigenvalue weighted by atomic mass is 16.5. The van der Waals surface area contributed by atoms with Crippen LogP contribution >= 0.6 is 0 Å². The second-order valence-corrected chi connectivity index (χ2v) is 9.24. The Labute approximate surface area is 205 Å². The van der Waals surface area contributed by atoms with Crippen molar-refractivity contribution in [2.45, 2.75) is 50.1 Å². The Morgan fingerprint density at radius 2 is 1.63 bits per heavy atom. The predicted molar refractivity (Wildman–Crippen MR) is 130 cm³/mol. The van der Waals surface area contributed by atoms with Gasteiger partial charge >= 0.3 is 12.1 Å². The number of hydrogen-bond donors (Lipinski definition) is 3. The highest BCUT2D eigenvalue weighted by Gasteiger charge is 2.32. The minimum atomic E-state index is -1.14. The van der Waals surface area contributed by atoms with E-state index in [0.29, 0.717) is 0 Å². The van der Waals surface area contributed by atoms with Crippen molar-refractivity contribution in [1.29, 1.82) is 0 Å². The third kappa shape index (κ3) is 5.82. The molecule has 0 heterocycles. The van der Waals surface area contributed by atoms with Crippen LogP contribution in [0.1, 0.15) is 49.1 Å². The molecule has 0 aliphatic heterocycles. The first-order chi connectivity index (χ1) is 17.0. The van der Waals surface area contributed by atoms with E-state index in [-0.39, 0.29) is 43.4 Å². The summed E-state index contributed by atoms with van der Waals surface area (Å²) in [7, 11) is 1.39. The number of hydrogen-bond acceptors (Lipinski definition) is 5. The molecule has 2 aliphatic carbocycles. The van der Waals surface area contributed by atoms with Crippen molar-refractivity contribution in [1.82, 2.24) is 10.6 Å². The maximum atomic E-state index is 12.7. The van der Waals surface area contributed by atoms with Gasteiger partial charge in [0.2, 0.25) is 5.91 Å². The summed E-state index contributed by atoms with van der Waals surface area (Å²) in [6.45, 7) is 0.127. The zero-order chi connectivity index (χ0) is 24.8. The molecule has 1 fully saturated rings. The van der Waals surface area contributed by atoms with Gasteiger partial charge in [-0.2, -0.15) is 0 Å². The van der Waals surface area contributed by atoms with Gasteiger partial charge < -0.3 is 25.2 Å². The molecular formula is C27H32N2O6. The van der Waals surface area contributed by atoms with Gasteiger partial charge in [-0.25, -0.2) is 9.59 Å². The van der Waals surface area contributed by atoms with Gasteiger partial charge in [-0.05, 0) is 41.0 Å². The van der Waals surface area contributed by atoms with Crippen molar-refractivity contribution >= 4 is 18.0 Å². The van der Waals surface area contributed by atoms with Gasteiger partial charge in [-0.3, -0.25) is 4.79 Å². The molecule has 2 aliphatic rings. The highest BCUT2D eigenvalue weighted by molar-refractivity contribution is 5.84. The number of amides is 2. The lowest BCUT2D eigenvalue weighted by Crippen LogP contribution is -2.47. The van der Waals surface area contributed by atoms with Crippen molar-refractivity contribution < 1.29 is 29.0 Å². The Bertz CT molecular complexity index is 1030. The Hall–Kier alpha value is -3.39. The molecule has 0 spiro atoms. The average Bonchev–Trinajstić information content (AvgIpc) is 3.17. The van der Waals surface area contributed by atoms with Gasteiger partial charge in [0.1, 0.15) is 6.61 Å². The summed E-state index contributed by atoms with van der Waals surface area (Å²) in [5, 5.41) is 14.7. The number of benzene rings is 2. The molecule has 0 unspecified atom stereocenters. The van der Waals surface area contributed by atoms with Crippen molar-refractivity contribution in [2.75, 3.05) is 20.3 Å². The van der Waals surface area contributed by atoms with Gasteiger partial charge in [0.15, 0.2) is 6.04 Å². The number of carboxylic acids is 1. The minimum absolute atomic E-state index is 0.0187. The first-order valence-corrected chi connectivity index (χ1v) is 12.1. The zero-order valence-electron chi connectivity index (χ0n) is 19.9. The summed E-state index contributed by atoms with van der Waals surface area (Å²) >= 11 is 0. The molecule has 2 aromatic carbocycles. The molecule has 0 radical (unpaired) electrons. The van der Waals surface area contributed by atoms with Crippen molar-refractivity contribution in [3.8, 4) is 11.1 Å². The number of carbonyl (C=O) groups is 3. The van der Waals surface area contributed by atoms with Crippen LogP contribution in [0.5, 0.6) is 0 Å². The summed E-state index contributed by atoms with van der Waals surface area (Å²) < 4.78 is 10.6. The third-order valence-electron chi connectivity index (χ3n) is 6.97. The van der Waals surface area contributed by atoms with Gasteiger partial charge in [0, 0.05) is 25.5 Å². The lowest BCUT2D eigenvalue weighted by molar-refractivity contribution is -0.143. The second kappa shape index (κ2) is 11.4. The van der Waals surface area contributed by atoms with Crippen LogP contribution in [-0.2, 0) is 19.1 Å². The Balaban J connectivity index is 1.34. The number of aliphatic carboxylic acids is 1. The highest BCUT2D eigenvalue weighted by Crippen LogP contribution is 2.44. The van der Waals surface area contributed by atoms with E-state index in [4.69, 9.17) is 9.47 Å². The molecule has 2 amide bonds. The lowest BCUT2D eigenvalue weighted by atomic mass is 9.82. The zero-order valence-corrected chi connectivity index (χ0v) is 19.9. The van der Waals surface area contributed by atoms with Crippen LogP contribution in [-0.4, -0.2) is 55.5 Å². The minimum Gasteiger partial charge on any atom is -0.480 e. The molecule has 0 aromatic heterocycles. The fourth-order valence-corrected chi connectivity index (χ4v) is 5.27. The van der Waals surface area contributed by atoms with Crippen LogP contribution in [0.2, 0.25) is 0 Å². The number of carboxylic acid groups (broad SMARTS) is 1. The average molecular weight is 481 g/mol. The molecule has 4 rings (SSSR count). The number of alkyl carbamates (subject to hydrolysis) is 1. The molecule has 1 saturated carbocycles. The van der Waals surface area contributed by atoms with Crippen LogP contribution in [0.3, 0.4) is 0 Å². The van der Waals surface area contributed by atoms with Crippen molar-refractivity contribution in [3.05, 3.63) is 59.7 Å². The number of carbonyl (C=O) groups excluding carboxylic acids is 2. The molecule has 3 atom stereocenters. The Morgan fingerprint density at radius 1 is 1.00 bits per heavy atom. The van der Waals surface area contributed by atoms with Gasteiger partial charge in [-0.1, -0.05) is 61.4 Å². The summed E-state index contributed by atoms with van der Waals surface area (Å²) in [5.74, 6) is -1.60. The van der Waals surface area contributed by atoms with Crippen LogP contribution in [0.4, 0.5) is 4.79 Å². The van der Waals surface area contributed by atoms with Gasteiger partial charge in [-0.15, -0.1) is 0 Å². The Kier molecular flexibility index (Phi) is 8.02. The monoisotopic (exact) mass is 480 g/mol. The number of methoxy groups -OCH3 is 1. The largest absolute Gasteiger partial charge is 0.480 e. The molecule has 2 aromatic rings. The van der Waals surface area contributed by atoms with Crippen LogP contribution in [0.15, 0.2) is 48.5 Å². The quantitative estimate of drug-likeness (QED) is 0.504. The third-order valence-corrected chi connectivity index (χ3v) is 6.97. The van der Waals surface area contributed by atoms with E-state index in [9.17, 15) is 19.5 Å². The van der Waals surface area contributed by atoms with E-state index in [1.807, 2.05) is 24.3 Å². The SMILES string of the molecule is COC[C@H](NC(=O)C[C@@H]1CCCC[C@@H]1NC(=O)OCC1c2ccccc2-c2ccccc21)C(=O)O. The van der Waals surface area contributed by atoms with Gasteiger partial charge in [0.25, 0.3) is 0 Å². The van der Waals surface area contributed by atoms with Gasteiger partial charge in [0.05, 0.1) is 6.61 Å². The molecular weight excluding hydrogens is 448 g/mol. The lowest BCUT2D eigenvalue weighted by Gasteiger charge is -2.32. The van der Waals surface area contributed by atoms with Crippen LogP contribution < -0.4 is 10.6 Å². The van der Waals surface area contributed by atoms with Crippen LogP contribution in [0.25, 0.3) is 11.1 Å². The normalized spacial score (nSPS) is 19.8. The first kappa shape index (κ1) is 24.7. The van der Waals surface area contributed by atoms with E-state index in [2.05, 4.69) is 34.9 Å². The molecule has 35 heavy (non-hydrogen) atoms.